The van der Waals surface area contributed by atoms with Crippen molar-refractivity contribution in [3.05, 3.63) is 36.1 Å². The molecule has 16 heavy (non-hydrogen) atoms. The number of hydrogen-bond donors (Lipinski definition) is 1. The lowest BCUT2D eigenvalue weighted by molar-refractivity contribution is 0.0932. The molecular formula is C12H12FNO2. The summed E-state index contributed by atoms with van der Waals surface area (Å²) in [5, 5.41) is 3.49. The Kier molecular flexibility index (Phi) is 3.01. The predicted molar refractivity (Wildman–Crippen MR) is 59.4 cm³/mol. The molecule has 0 saturated carbocycles. The van der Waals surface area contributed by atoms with E-state index in [1.54, 1.807) is 37.6 Å². The van der Waals surface area contributed by atoms with E-state index in [2.05, 4.69) is 5.32 Å². The van der Waals surface area contributed by atoms with Gasteiger partial charge in [-0.3, -0.25) is 4.79 Å². The first kappa shape index (κ1) is 10.8. The molecule has 0 amide bonds. The van der Waals surface area contributed by atoms with E-state index in [9.17, 15) is 9.18 Å². The fourth-order valence-electron chi connectivity index (χ4n) is 1.60. The lowest BCUT2D eigenvalue weighted by atomic mass is 10.0. The van der Waals surface area contributed by atoms with Crippen LogP contribution in [-0.4, -0.2) is 25.5 Å². The summed E-state index contributed by atoms with van der Waals surface area (Å²) in [6.07, 6.45) is 1.56. The molecule has 0 saturated heterocycles. The lowest BCUT2D eigenvalue weighted by Gasteiger charge is -2.10. The first-order valence-electron chi connectivity index (χ1n) is 5.01. The number of ketones is 1. The highest BCUT2D eigenvalue weighted by atomic mass is 19.1. The number of hydrogen-bond acceptors (Lipinski definition) is 3. The molecule has 3 nitrogen and oxygen atoms in total. The summed E-state index contributed by atoms with van der Waals surface area (Å²) >= 11 is 0. The number of Topliss-reactive ketones (excluding diaryl/α,β-unsaturated/α-hetero) is 1. The third-order valence-electron chi connectivity index (χ3n) is 2.56. The molecule has 4 heteroatoms. The van der Waals surface area contributed by atoms with Crippen LogP contribution in [0, 0.1) is 0 Å². The van der Waals surface area contributed by atoms with Crippen LogP contribution in [0.15, 0.2) is 34.9 Å². The van der Waals surface area contributed by atoms with Crippen LogP contribution >= 0.6 is 0 Å². The molecule has 1 aromatic heterocycles. The van der Waals surface area contributed by atoms with Gasteiger partial charge in [-0.05, 0) is 31.3 Å². The van der Waals surface area contributed by atoms with Crippen molar-refractivity contribution < 1.29 is 13.6 Å². The van der Waals surface area contributed by atoms with E-state index in [1.807, 2.05) is 0 Å². The molecule has 0 aliphatic heterocycles. The summed E-state index contributed by atoms with van der Waals surface area (Å²) in [6, 6.07) is 6.07. The minimum atomic E-state index is -0.774. The molecule has 0 fully saturated rings. The van der Waals surface area contributed by atoms with Crippen molar-refractivity contribution in [3.63, 3.8) is 0 Å². The van der Waals surface area contributed by atoms with Gasteiger partial charge in [0.25, 0.3) is 0 Å². The van der Waals surface area contributed by atoms with Gasteiger partial charge in [0.1, 0.15) is 12.3 Å². The molecule has 1 N–H and O–H groups in total. The minimum Gasteiger partial charge on any atom is -0.464 e. The topological polar surface area (TPSA) is 42.2 Å². The Hall–Kier alpha value is -1.68. The van der Waals surface area contributed by atoms with Crippen LogP contribution in [-0.2, 0) is 0 Å². The van der Waals surface area contributed by atoms with Crippen LogP contribution in [0.4, 0.5) is 4.39 Å². The summed E-state index contributed by atoms with van der Waals surface area (Å²) in [5.74, 6) is -0.242. The average Bonchev–Trinajstić information content (AvgIpc) is 2.77. The SMILES string of the molecule is CNC(CF)C(=O)c1ccc2occc2c1. The van der Waals surface area contributed by atoms with E-state index < -0.39 is 12.7 Å². The molecular weight excluding hydrogens is 209 g/mol. The molecule has 2 rings (SSSR count). The Morgan fingerprint density at radius 3 is 3.00 bits per heavy atom. The number of alkyl halides is 1. The maximum absolute atomic E-state index is 12.5. The highest BCUT2D eigenvalue weighted by Crippen LogP contribution is 2.18. The zero-order valence-corrected chi connectivity index (χ0v) is 8.87. The van der Waals surface area contributed by atoms with Gasteiger partial charge < -0.3 is 9.73 Å². The first-order valence-corrected chi connectivity index (χ1v) is 5.01. The van der Waals surface area contributed by atoms with Gasteiger partial charge in [-0.15, -0.1) is 0 Å². The van der Waals surface area contributed by atoms with Crippen LogP contribution in [0.1, 0.15) is 10.4 Å². The fourth-order valence-corrected chi connectivity index (χ4v) is 1.60. The van der Waals surface area contributed by atoms with E-state index >= 15 is 0 Å². The van der Waals surface area contributed by atoms with E-state index in [0.29, 0.717) is 5.56 Å². The highest BCUT2D eigenvalue weighted by molar-refractivity contribution is 6.02. The standard InChI is InChI=1S/C12H12FNO2/c1-14-10(7-13)12(15)9-2-3-11-8(6-9)4-5-16-11/h2-6,10,14H,7H2,1H3. The molecule has 84 valence electrons. The van der Waals surface area contributed by atoms with Crippen LogP contribution < -0.4 is 5.32 Å². The van der Waals surface area contributed by atoms with Gasteiger partial charge in [-0.1, -0.05) is 0 Å². The number of halogens is 1. The molecule has 0 spiro atoms. The largest absolute Gasteiger partial charge is 0.464 e. The van der Waals surface area contributed by atoms with Crippen LogP contribution in [0.5, 0.6) is 0 Å². The Morgan fingerprint density at radius 1 is 1.50 bits per heavy atom. The average molecular weight is 221 g/mol. The second kappa shape index (κ2) is 4.45. The molecule has 1 heterocycles. The molecule has 1 unspecified atom stereocenters. The molecule has 2 aromatic rings. The Labute approximate surface area is 92.2 Å². The summed E-state index contributed by atoms with van der Waals surface area (Å²) in [6.45, 7) is -0.710. The number of carbonyl (C=O) groups excluding carboxylic acids is 1. The number of benzene rings is 1. The number of fused-ring (bicyclic) bond motifs is 1. The second-order valence-corrected chi connectivity index (χ2v) is 3.53. The van der Waals surface area contributed by atoms with E-state index in [4.69, 9.17) is 4.42 Å². The van der Waals surface area contributed by atoms with Crippen molar-refractivity contribution >= 4 is 16.8 Å². The monoisotopic (exact) mass is 221 g/mol. The zero-order chi connectivity index (χ0) is 11.5. The normalized spacial score (nSPS) is 12.9. The number of carbonyl (C=O) groups is 1. The Morgan fingerprint density at radius 2 is 2.31 bits per heavy atom. The van der Waals surface area contributed by atoms with Gasteiger partial charge in [-0.2, -0.15) is 0 Å². The minimum absolute atomic E-state index is 0.242. The zero-order valence-electron chi connectivity index (χ0n) is 8.87. The van der Waals surface area contributed by atoms with Gasteiger partial charge in [0.2, 0.25) is 0 Å². The smallest absolute Gasteiger partial charge is 0.182 e. The molecule has 0 bridgehead atoms. The Bertz CT molecular complexity index is 502. The first-order chi connectivity index (χ1) is 7.76. The van der Waals surface area contributed by atoms with Crippen molar-refractivity contribution in [2.24, 2.45) is 0 Å². The summed E-state index contributed by atoms with van der Waals surface area (Å²) in [5.41, 5.74) is 1.21. The fraction of sp³-hybridized carbons (Fsp3) is 0.250. The van der Waals surface area contributed by atoms with E-state index in [-0.39, 0.29) is 5.78 Å². The van der Waals surface area contributed by atoms with Crippen LogP contribution in [0.25, 0.3) is 11.0 Å². The van der Waals surface area contributed by atoms with Crippen molar-refractivity contribution in [3.8, 4) is 0 Å². The third kappa shape index (κ3) is 1.84. The van der Waals surface area contributed by atoms with Crippen molar-refractivity contribution in [2.45, 2.75) is 6.04 Å². The van der Waals surface area contributed by atoms with Gasteiger partial charge in [-0.25, -0.2) is 4.39 Å². The van der Waals surface area contributed by atoms with Gasteiger partial charge in [0.15, 0.2) is 5.78 Å². The van der Waals surface area contributed by atoms with E-state index in [0.717, 1.165) is 11.0 Å². The summed E-state index contributed by atoms with van der Waals surface area (Å²) in [4.78, 5) is 11.8. The van der Waals surface area contributed by atoms with Crippen molar-refractivity contribution in [1.82, 2.24) is 5.32 Å². The van der Waals surface area contributed by atoms with Gasteiger partial charge in [0.05, 0.1) is 12.3 Å². The Balaban J connectivity index is 2.35. The number of likely N-dealkylation sites (N-methyl/N-ethyl adjacent to an activating group) is 1. The molecule has 0 aliphatic rings. The molecule has 1 atom stereocenters. The molecule has 1 aromatic carbocycles. The summed E-state index contributed by atoms with van der Waals surface area (Å²) < 4.78 is 17.7. The number of rotatable bonds is 4. The third-order valence-corrected chi connectivity index (χ3v) is 2.56. The van der Waals surface area contributed by atoms with Crippen molar-refractivity contribution in [2.75, 3.05) is 13.7 Å². The summed E-state index contributed by atoms with van der Waals surface area (Å²) in [7, 11) is 1.57. The maximum Gasteiger partial charge on any atom is 0.182 e. The van der Waals surface area contributed by atoms with Crippen molar-refractivity contribution in [1.29, 1.82) is 0 Å². The number of nitrogens with one attached hydrogen (secondary N) is 1. The predicted octanol–water partition coefficient (Wildman–Crippen LogP) is 2.17. The van der Waals surface area contributed by atoms with Gasteiger partial charge >= 0.3 is 0 Å². The quantitative estimate of drug-likeness (QED) is 0.804. The second-order valence-electron chi connectivity index (χ2n) is 3.53. The lowest BCUT2D eigenvalue weighted by Crippen LogP contribution is -2.35. The van der Waals surface area contributed by atoms with Crippen LogP contribution in [0.3, 0.4) is 0 Å². The maximum atomic E-state index is 12.5. The molecule has 0 radical (unpaired) electrons. The molecule has 0 aliphatic carbocycles. The van der Waals surface area contributed by atoms with E-state index in [1.165, 1.54) is 0 Å². The highest BCUT2D eigenvalue weighted by Gasteiger charge is 2.18. The van der Waals surface area contributed by atoms with Gasteiger partial charge in [0, 0.05) is 10.9 Å². The van der Waals surface area contributed by atoms with Crippen LogP contribution in [0.2, 0.25) is 0 Å². The number of furan rings is 1.